The van der Waals surface area contributed by atoms with E-state index in [0.29, 0.717) is 5.69 Å². The molecule has 0 unspecified atom stereocenters. The third kappa shape index (κ3) is 0.793. The number of hydrogen-bond acceptors (Lipinski definition) is 3. The van der Waals surface area contributed by atoms with Crippen LogP contribution in [0.25, 0.3) is 0 Å². The summed E-state index contributed by atoms with van der Waals surface area (Å²) in [6, 6.07) is 1.82. The van der Waals surface area contributed by atoms with Gasteiger partial charge >= 0.3 is 0 Å². The van der Waals surface area contributed by atoms with Gasteiger partial charge < -0.3 is 0 Å². The van der Waals surface area contributed by atoms with Crippen molar-refractivity contribution < 1.29 is 0 Å². The molecule has 0 saturated carbocycles. The molecule has 1 radical (unpaired) electrons. The summed E-state index contributed by atoms with van der Waals surface area (Å²) in [7, 11) is 0. The van der Waals surface area contributed by atoms with Crippen molar-refractivity contribution in [1.82, 2.24) is 9.97 Å². The highest BCUT2D eigenvalue weighted by Gasteiger charge is 1.83. The molecule has 37 valence electrons. The van der Waals surface area contributed by atoms with E-state index in [9.17, 15) is 0 Å². The van der Waals surface area contributed by atoms with Crippen LogP contribution in [0.5, 0.6) is 0 Å². The topological polar surface area (TPSA) is 49.6 Å². The number of nitrogens with zero attached hydrogens (tertiary/aromatic N) is 3. The molecule has 0 aliphatic carbocycles. The highest BCUT2D eigenvalue weighted by Crippen LogP contribution is 1.81. The second-order valence-electron chi connectivity index (χ2n) is 1.15. The number of nitriles is 1. The predicted octanol–water partition coefficient (Wildman–Crippen LogP) is 0.148. The third-order valence-electron chi connectivity index (χ3n) is 0.629. The zero-order valence-corrected chi connectivity index (χ0v) is 4.00. The van der Waals surface area contributed by atoms with Crippen LogP contribution in [0, 0.1) is 17.5 Å². The average Bonchev–Trinajstić information content (AvgIpc) is 1.90. The Kier molecular flexibility index (Phi) is 1.20. The minimum Gasteiger partial charge on any atom is -0.259 e. The Balaban J connectivity index is 3.05. The number of rotatable bonds is 0. The van der Waals surface area contributed by atoms with Gasteiger partial charge in [0.1, 0.15) is 12.3 Å². The van der Waals surface area contributed by atoms with E-state index in [-0.39, 0.29) is 0 Å². The van der Waals surface area contributed by atoms with E-state index in [1.165, 1.54) is 12.4 Å². The lowest BCUT2D eigenvalue weighted by Crippen LogP contribution is -1.80. The predicted molar refractivity (Wildman–Crippen MR) is 25.6 cm³/mol. The zero-order valence-electron chi connectivity index (χ0n) is 4.00. The van der Waals surface area contributed by atoms with Crippen molar-refractivity contribution in [3.63, 3.8) is 0 Å². The molecular formula is C5H2N3. The van der Waals surface area contributed by atoms with Gasteiger partial charge in [-0.1, -0.05) is 0 Å². The van der Waals surface area contributed by atoms with E-state index in [2.05, 4.69) is 16.2 Å². The fourth-order valence-corrected chi connectivity index (χ4v) is 0.322. The Morgan fingerprint density at radius 2 is 2.62 bits per heavy atom. The first-order chi connectivity index (χ1) is 3.93. The van der Waals surface area contributed by atoms with Gasteiger partial charge in [0.15, 0.2) is 5.69 Å². The molecule has 0 bridgehead atoms. The van der Waals surface area contributed by atoms with Gasteiger partial charge in [-0.2, -0.15) is 5.26 Å². The Morgan fingerprint density at radius 1 is 1.75 bits per heavy atom. The maximum absolute atomic E-state index is 8.17. The lowest BCUT2D eigenvalue weighted by molar-refractivity contribution is 1.15. The Labute approximate surface area is 46.6 Å². The van der Waals surface area contributed by atoms with Gasteiger partial charge in [-0.15, -0.1) is 0 Å². The highest BCUT2D eigenvalue weighted by molar-refractivity contribution is 5.13. The summed E-state index contributed by atoms with van der Waals surface area (Å²) < 4.78 is 0. The van der Waals surface area contributed by atoms with E-state index >= 15 is 0 Å². The van der Waals surface area contributed by atoms with E-state index in [0.717, 1.165) is 0 Å². The minimum atomic E-state index is 0.299. The lowest BCUT2D eigenvalue weighted by atomic mass is 10.5. The molecule has 1 aromatic heterocycles. The number of aromatic nitrogens is 2. The molecule has 0 amide bonds. The van der Waals surface area contributed by atoms with Gasteiger partial charge in [0, 0.05) is 0 Å². The fourth-order valence-electron chi connectivity index (χ4n) is 0.322. The van der Waals surface area contributed by atoms with Gasteiger partial charge in [-0.05, 0) is 0 Å². The number of hydrogen-bond donors (Lipinski definition) is 0. The summed E-state index contributed by atoms with van der Waals surface area (Å²) in [5.74, 6) is 0. The summed E-state index contributed by atoms with van der Waals surface area (Å²) >= 11 is 0. The second-order valence-corrected chi connectivity index (χ2v) is 1.15. The van der Waals surface area contributed by atoms with Crippen LogP contribution in [0.1, 0.15) is 5.69 Å². The quantitative estimate of drug-likeness (QED) is 0.470. The SMILES string of the molecule is N#Cc1cnc[c]n1. The molecule has 0 aliphatic heterocycles. The Hall–Kier alpha value is -1.43. The van der Waals surface area contributed by atoms with Crippen LogP contribution in [-0.2, 0) is 0 Å². The van der Waals surface area contributed by atoms with Crippen LogP contribution in [-0.4, -0.2) is 9.97 Å². The van der Waals surface area contributed by atoms with E-state index in [1.807, 2.05) is 6.07 Å². The van der Waals surface area contributed by atoms with Crippen molar-refractivity contribution >= 4 is 0 Å². The van der Waals surface area contributed by atoms with Crippen LogP contribution in [0.3, 0.4) is 0 Å². The maximum Gasteiger partial charge on any atom is 0.159 e. The Bertz CT molecular complexity index is 199. The van der Waals surface area contributed by atoms with Gasteiger partial charge in [0.25, 0.3) is 0 Å². The maximum atomic E-state index is 8.17. The molecule has 0 atom stereocenters. The van der Waals surface area contributed by atoms with Crippen LogP contribution in [0.2, 0.25) is 0 Å². The lowest BCUT2D eigenvalue weighted by Gasteiger charge is -1.78. The first-order valence-corrected chi connectivity index (χ1v) is 2.01. The summed E-state index contributed by atoms with van der Waals surface area (Å²) in [5.41, 5.74) is 0.299. The van der Waals surface area contributed by atoms with Crippen LogP contribution < -0.4 is 0 Å². The van der Waals surface area contributed by atoms with Crippen molar-refractivity contribution in [2.75, 3.05) is 0 Å². The molecule has 1 rings (SSSR count). The molecule has 0 aromatic carbocycles. The van der Waals surface area contributed by atoms with Crippen molar-refractivity contribution in [3.05, 3.63) is 24.3 Å². The molecule has 0 saturated heterocycles. The van der Waals surface area contributed by atoms with Gasteiger partial charge in [0.2, 0.25) is 0 Å². The molecule has 8 heavy (non-hydrogen) atoms. The summed E-state index contributed by atoms with van der Waals surface area (Å²) in [6.07, 6.45) is 5.22. The second kappa shape index (κ2) is 2.03. The first kappa shape index (κ1) is 4.72. The fraction of sp³-hybridized carbons (Fsp3) is 0. The molecule has 0 spiro atoms. The third-order valence-corrected chi connectivity index (χ3v) is 0.629. The van der Waals surface area contributed by atoms with Crippen molar-refractivity contribution in [1.29, 1.82) is 5.26 Å². The monoisotopic (exact) mass is 104 g/mol. The van der Waals surface area contributed by atoms with Crippen LogP contribution >= 0.6 is 0 Å². The van der Waals surface area contributed by atoms with Gasteiger partial charge in [-0.3, -0.25) is 4.98 Å². The highest BCUT2D eigenvalue weighted by atomic mass is 14.8. The zero-order chi connectivity index (χ0) is 5.82. The summed E-state index contributed by atoms with van der Waals surface area (Å²) in [6.45, 7) is 0. The smallest absolute Gasteiger partial charge is 0.159 e. The molecule has 0 aliphatic rings. The Morgan fingerprint density at radius 3 is 3.00 bits per heavy atom. The van der Waals surface area contributed by atoms with E-state index in [4.69, 9.17) is 5.26 Å². The van der Waals surface area contributed by atoms with E-state index in [1.54, 1.807) is 0 Å². The van der Waals surface area contributed by atoms with Gasteiger partial charge in [0.05, 0.1) is 12.4 Å². The van der Waals surface area contributed by atoms with E-state index < -0.39 is 0 Å². The molecule has 1 heterocycles. The average molecular weight is 104 g/mol. The van der Waals surface area contributed by atoms with Crippen LogP contribution in [0.4, 0.5) is 0 Å². The van der Waals surface area contributed by atoms with Crippen LogP contribution in [0.15, 0.2) is 12.4 Å². The summed E-state index contributed by atoms with van der Waals surface area (Å²) in [5, 5.41) is 8.17. The minimum absolute atomic E-state index is 0.299. The molecule has 3 heteroatoms. The van der Waals surface area contributed by atoms with Crippen molar-refractivity contribution in [2.45, 2.75) is 0 Å². The molecule has 0 N–H and O–H groups in total. The normalized spacial score (nSPS) is 7.88. The molecule has 1 aromatic rings. The van der Waals surface area contributed by atoms with Crippen molar-refractivity contribution in [3.8, 4) is 6.07 Å². The largest absolute Gasteiger partial charge is 0.259 e. The van der Waals surface area contributed by atoms with Crippen molar-refractivity contribution in [2.24, 2.45) is 0 Å². The van der Waals surface area contributed by atoms with Gasteiger partial charge in [-0.25, -0.2) is 4.98 Å². The standard InChI is InChI=1S/C5H2N3/c6-3-5-4-7-1-2-8-5/h1,4H. The first-order valence-electron chi connectivity index (χ1n) is 2.01. The summed E-state index contributed by atoms with van der Waals surface area (Å²) in [4.78, 5) is 7.16. The molecule has 3 nitrogen and oxygen atoms in total. The molecule has 0 fully saturated rings. The molecular weight excluding hydrogens is 102 g/mol.